The summed E-state index contributed by atoms with van der Waals surface area (Å²) < 4.78 is 17.6. The summed E-state index contributed by atoms with van der Waals surface area (Å²) in [6.07, 6.45) is 1.15. The highest BCUT2D eigenvalue weighted by atomic mass is 19.1. The molecule has 0 bridgehead atoms. The molecule has 0 radical (unpaired) electrons. The van der Waals surface area contributed by atoms with E-state index in [1.165, 1.54) is 13.2 Å². The van der Waals surface area contributed by atoms with E-state index in [1.807, 2.05) is 6.07 Å². The minimum absolute atomic E-state index is 0.0969. The van der Waals surface area contributed by atoms with Crippen molar-refractivity contribution in [2.24, 2.45) is 0 Å². The molecular formula is C10H7FN2O. The highest BCUT2D eigenvalue weighted by Gasteiger charge is 2.02. The van der Waals surface area contributed by atoms with Crippen molar-refractivity contribution in [3.05, 3.63) is 23.6 Å². The van der Waals surface area contributed by atoms with Crippen LogP contribution in [0.3, 0.4) is 0 Å². The van der Waals surface area contributed by atoms with Crippen LogP contribution in [0.25, 0.3) is 0 Å². The molecule has 1 aromatic heterocycles. The van der Waals surface area contributed by atoms with Crippen molar-refractivity contribution in [3.63, 3.8) is 0 Å². The van der Waals surface area contributed by atoms with Crippen LogP contribution in [0.1, 0.15) is 12.0 Å². The number of hydrogen-bond acceptors (Lipinski definition) is 3. The normalized spacial score (nSPS) is 8.36. The van der Waals surface area contributed by atoms with Gasteiger partial charge in [0.1, 0.15) is 5.82 Å². The number of ether oxygens (including phenoxy) is 1. The number of nitrogens with zero attached hydrogens (tertiary/aromatic N) is 2. The molecule has 0 saturated heterocycles. The van der Waals surface area contributed by atoms with E-state index in [0.29, 0.717) is 5.56 Å². The topological polar surface area (TPSA) is 45.9 Å². The second-order valence-corrected chi connectivity index (χ2v) is 2.35. The monoisotopic (exact) mass is 190 g/mol. The maximum atomic E-state index is 12.7. The van der Waals surface area contributed by atoms with Crippen LogP contribution in [0.15, 0.2) is 12.3 Å². The van der Waals surface area contributed by atoms with Gasteiger partial charge in [-0.05, 0) is 6.07 Å². The summed E-state index contributed by atoms with van der Waals surface area (Å²) in [4.78, 5) is 3.69. The van der Waals surface area contributed by atoms with E-state index in [4.69, 9.17) is 10.00 Å². The Morgan fingerprint density at radius 1 is 1.64 bits per heavy atom. The van der Waals surface area contributed by atoms with Gasteiger partial charge >= 0.3 is 0 Å². The molecule has 70 valence electrons. The average molecular weight is 190 g/mol. The van der Waals surface area contributed by atoms with Crippen LogP contribution in [-0.4, -0.2) is 12.1 Å². The third-order valence-electron chi connectivity index (χ3n) is 1.40. The van der Waals surface area contributed by atoms with Crippen LogP contribution in [0.2, 0.25) is 0 Å². The third-order valence-corrected chi connectivity index (χ3v) is 1.40. The Kier molecular flexibility index (Phi) is 3.46. The van der Waals surface area contributed by atoms with Crippen molar-refractivity contribution in [3.8, 4) is 23.8 Å². The smallest absolute Gasteiger partial charge is 0.229 e. The van der Waals surface area contributed by atoms with Crippen LogP contribution in [-0.2, 0) is 0 Å². The fraction of sp³-hybridized carbons (Fsp3) is 0.200. The Bertz CT molecular complexity index is 426. The van der Waals surface area contributed by atoms with Gasteiger partial charge in [-0.3, -0.25) is 0 Å². The zero-order valence-electron chi connectivity index (χ0n) is 7.54. The van der Waals surface area contributed by atoms with Crippen molar-refractivity contribution >= 4 is 0 Å². The van der Waals surface area contributed by atoms with E-state index in [1.54, 1.807) is 0 Å². The first kappa shape index (κ1) is 10.0. The van der Waals surface area contributed by atoms with Gasteiger partial charge in [0.05, 0.1) is 31.4 Å². The highest BCUT2D eigenvalue weighted by Crippen LogP contribution is 2.13. The van der Waals surface area contributed by atoms with Crippen LogP contribution < -0.4 is 4.74 Å². The molecule has 3 nitrogen and oxygen atoms in total. The molecule has 0 saturated carbocycles. The largest absolute Gasteiger partial charge is 0.480 e. The molecule has 0 fully saturated rings. The van der Waals surface area contributed by atoms with E-state index in [-0.39, 0.29) is 12.3 Å². The number of hydrogen-bond donors (Lipinski definition) is 0. The Balaban J connectivity index is 3.02. The van der Waals surface area contributed by atoms with Gasteiger partial charge in [-0.2, -0.15) is 5.26 Å². The molecule has 0 aliphatic carbocycles. The van der Waals surface area contributed by atoms with Crippen LogP contribution >= 0.6 is 0 Å². The first-order valence-electron chi connectivity index (χ1n) is 3.83. The maximum Gasteiger partial charge on any atom is 0.229 e. The highest BCUT2D eigenvalue weighted by molar-refractivity contribution is 5.42. The van der Waals surface area contributed by atoms with Crippen molar-refractivity contribution in [2.45, 2.75) is 6.42 Å². The lowest BCUT2D eigenvalue weighted by molar-refractivity contribution is 0.394. The first-order valence-corrected chi connectivity index (χ1v) is 3.83. The van der Waals surface area contributed by atoms with Crippen LogP contribution in [0, 0.1) is 29.0 Å². The lowest BCUT2D eigenvalue weighted by Crippen LogP contribution is -1.92. The van der Waals surface area contributed by atoms with Crippen molar-refractivity contribution in [2.75, 3.05) is 7.11 Å². The molecule has 14 heavy (non-hydrogen) atoms. The summed E-state index contributed by atoms with van der Waals surface area (Å²) in [5.41, 5.74) is 0.350. The first-order chi connectivity index (χ1) is 6.77. The number of halogens is 1. The summed E-state index contributed by atoms with van der Waals surface area (Å²) >= 11 is 0. The van der Waals surface area contributed by atoms with Gasteiger partial charge in [0, 0.05) is 0 Å². The molecule has 1 heterocycles. The number of aromatic nitrogens is 1. The summed E-state index contributed by atoms with van der Waals surface area (Å²) in [5.74, 6) is 4.94. The van der Waals surface area contributed by atoms with E-state index in [9.17, 15) is 4.39 Å². The fourth-order valence-corrected chi connectivity index (χ4v) is 0.858. The number of methoxy groups -OCH3 is 1. The van der Waals surface area contributed by atoms with E-state index in [2.05, 4.69) is 16.8 Å². The van der Waals surface area contributed by atoms with E-state index < -0.39 is 5.82 Å². The van der Waals surface area contributed by atoms with Gasteiger partial charge in [0.15, 0.2) is 0 Å². The van der Waals surface area contributed by atoms with Crippen molar-refractivity contribution in [1.29, 1.82) is 5.26 Å². The lowest BCUT2D eigenvalue weighted by Gasteiger charge is -2.00. The number of nitriles is 1. The van der Waals surface area contributed by atoms with Crippen LogP contribution in [0.5, 0.6) is 5.88 Å². The third kappa shape index (κ3) is 2.46. The van der Waals surface area contributed by atoms with Gasteiger partial charge in [-0.15, -0.1) is 0 Å². The van der Waals surface area contributed by atoms with Gasteiger partial charge in [-0.25, -0.2) is 9.37 Å². The fourth-order valence-electron chi connectivity index (χ4n) is 0.858. The quantitative estimate of drug-likeness (QED) is 0.630. The molecule has 1 rings (SSSR count). The zero-order chi connectivity index (χ0) is 10.4. The van der Waals surface area contributed by atoms with Crippen molar-refractivity contribution < 1.29 is 9.13 Å². The Morgan fingerprint density at radius 3 is 3.07 bits per heavy atom. The molecule has 0 amide bonds. The Morgan fingerprint density at radius 2 is 2.43 bits per heavy atom. The summed E-state index contributed by atoms with van der Waals surface area (Å²) in [5, 5.41) is 8.25. The number of rotatable bonds is 1. The van der Waals surface area contributed by atoms with E-state index >= 15 is 0 Å². The predicted molar refractivity (Wildman–Crippen MR) is 47.9 cm³/mol. The molecule has 0 unspecified atom stereocenters. The van der Waals surface area contributed by atoms with Gasteiger partial charge in [0.25, 0.3) is 0 Å². The maximum absolute atomic E-state index is 12.7. The summed E-state index contributed by atoms with van der Waals surface area (Å²) in [6, 6.07) is 3.08. The predicted octanol–water partition coefficient (Wildman–Crippen LogP) is 1.49. The summed E-state index contributed by atoms with van der Waals surface area (Å²) in [7, 11) is 1.43. The molecular weight excluding hydrogens is 183 g/mol. The molecule has 0 aliphatic heterocycles. The molecule has 1 aromatic rings. The lowest BCUT2D eigenvalue weighted by atomic mass is 10.2. The molecule has 0 aromatic carbocycles. The zero-order valence-corrected chi connectivity index (χ0v) is 7.54. The molecule has 4 heteroatoms. The Hall–Kier alpha value is -2.07. The minimum Gasteiger partial charge on any atom is -0.480 e. The number of pyridine rings is 1. The van der Waals surface area contributed by atoms with Crippen molar-refractivity contribution in [1.82, 2.24) is 4.98 Å². The van der Waals surface area contributed by atoms with Gasteiger partial charge < -0.3 is 4.74 Å². The summed E-state index contributed by atoms with van der Waals surface area (Å²) in [6.45, 7) is 0. The van der Waals surface area contributed by atoms with Crippen LogP contribution in [0.4, 0.5) is 4.39 Å². The molecule has 0 spiro atoms. The SMILES string of the molecule is COc1ncc(F)cc1C#CCC#N. The second kappa shape index (κ2) is 4.84. The Labute approximate surface area is 81.1 Å². The molecule has 0 N–H and O–H groups in total. The van der Waals surface area contributed by atoms with Gasteiger partial charge in [0.2, 0.25) is 5.88 Å². The average Bonchev–Trinajstić information content (AvgIpc) is 2.19. The molecule has 0 aliphatic rings. The minimum atomic E-state index is -0.480. The molecule has 0 atom stereocenters. The second-order valence-electron chi connectivity index (χ2n) is 2.35. The van der Waals surface area contributed by atoms with Gasteiger partial charge in [-0.1, -0.05) is 11.8 Å². The van der Waals surface area contributed by atoms with E-state index in [0.717, 1.165) is 6.20 Å². The standard InChI is InChI=1S/C10H7FN2O/c1-14-10-8(4-2-3-5-12)6-9(11)7-13-10/h6-7H,3H2,1H3.